The van der Waals surface area contributed by atoms with Gasteiger partial charge in [0.05, 0.1) is 5.69 Å². The molecule has 4 rings (SSSR count). The highest BCUT2D eigenvalue weighted by Gasteiger charge is 2.45. The summed E-state index contributed by atoms with van der Waals surface area (Å²) in [6.45, 7) is 7.23. The van der Waals surface area contributed by atoms with Crippen LogP contribution in [0.5, 0.6) is 0 Å². The van der Waals surface area contributed by atoms with Crippen LogP contribution in [-0.4, -0.2) is 45.2 Å². The van der Waals surface area contributed by atoms with Crippen molar-refractivity contribution in [2.45, 2.75) is 77.1 Å². The van der Waals surface area contributed by atoms with E-state index in [1.54, 1.807) is 6.20 Å². The first-order valence-electron chi connectivity index (χ1n) is 10.8. The van der Waals surface area contributed by atoms with Gasteiger partial charge in [0.15, 0.2) is 5.65 Å². The van der Waals surface area contributed by atoms with Gasteiger partial charge in [-0.3, -0.25) is 0 Å². The molecule has 1 amide bonds. The van der Waals surface area contributed by atoms with E-state index in [1.807, 2.05) is 43.9 Å². The number of hydrogen-bond acceptors (Lipinski definition) is 5. The molecule has 1 saturated heterocycles. The maximum absolute atomic E-state index is 13.0. The molecule has 0 bridgehead atoms. The highest BCUT2D eigenvalue weighted by atomic mass is 16.6. The lowest BCUT2D eigenvalue weighted by atomic mass is 9.85. The molecule has 0 radical (unpaired) electrons. The number of amides is 1. The van der Waals surface area contributed by atoms with Crippen LogP contribution in [0.3, 0.4) is 0 Å². The summed E-state index contributed by atoms with van der Waals surface area (Å²) in [7, 11) is 0. The minimum atomic E-state index is -0.468. The number of likely N-dealkylation sites (tertiary alicyclic amines) is 1. The van der Waals surface area contributed by atoms with E-state index in [0.717, 1.165) is 36.1 Å². The van der Waals surface area contributed by atoms with Crippen LogP contribution in [0.25, 0.3) is 11.0 Å². The van der Waals surface area contributed by atoms with Gasteiger partial charge in [0.25, 0.3) is 0 Å². The molecular weight excluding hydrogens is 364 g/mol. The largest absolute Gasteiger partial charge is 0.444 e. The van der Waals surface area contributed by atoms with Crippen molar-refractivity contribution in [1.82, 2.24) is 20.2 Å². The third-order valence-corrected chi connectivity index (χ3v) is 6.01. The smallest absolute Gasteiger partial charge is 0.410 e. The number of ether oxygens (including phenoxy) is 1. The first kappa shape index (κ1) is 20.1. The van der Waals surface area contributed by atoms with Crippen LogP contribution in [0, 0.1) is 5.92 Å². The molecule has 2 aliphatic rings. The van der Waals surface area contributed by atoms with Crippen molar-refractivity contribution >= 4 is 17.1 Å². The Labute approximate surface area is 173 Å². The van der Waals surface area contributed by atoms with Gasteiger partial charge in [-0.15, -0.1) is 0 Å². The number of pyridine rings is 2. The van der Waals surface area contributed by atoms with Gasteiger partial charge < -0.3 is 15.0 Å². The topological polar surface area (TPSA) is 67.3 Å². The van der Waals surface area contributed by atoms with Crippen molar-refractivity contribution in [3.05, 3.63) is 36.2 Å². The van der Waals surface area contributed by atoms with E-state index in [1.165, 1.54) is 19.3 Å². The molecule has 0 aromatic carbocycles. The summed E-state index contributed by atoms with van der Waals surface area (Å²) in [5.41, 5.74) is 1.27. The van der Waals surface area contributed by atoms with Gasteiger partial charge in [-0.2, -0.15) is 0 Å². The Morgan fingerprint density at radius 3 is 2.90 bits per heavy atom. The number of aromatic nitrogens is 2. The average molecular weight is 397 g/mol. The van der Waals surface area contributed by atoms with Gasteiger partial charge in [-0.1, -0.05) is 12.8 Å². The minimum Gasteiger partial charge on any atom is -0.444 e. The second-order valence-corrected chi connectivity index (χ2v) is 9.37. The molecule has 3 atom stereocenters. The number of nitrogens with one attached hydrogen (secondary N) is 1. The minimum absolute atomic E-state index is 0.160. The normalized spacial score (nSPS) is 24.5. The Balaban J connectivity index is 1.41. The van der Waals surface area contributed by atoms with Crippen molar-refractivity contribution in [1.29, 1.82) is 0 Å². The molecule has 1 aliphatic carbocycles. The average Bonchev–Trinajstić information content (AvgIpc) is 3.05. The summed E-state index contributed by atoms with van der Waals surface area (Å²) < 4.78 is 5.75. The predicted molar refractivity (Wildman–Crippen MR) is 113 cm³/mol. The Hall–Kier alpha value is -2.21. The SMILES string of the molecule is CC(C)(C)OC(=O)N1[C@H](CNCc2ccc3cccnc3n2)C[C@@H]2CCCC[C@@H]21. The predicted octanol–water partition coefficient (Wildman–Crippen LogP) is 4.29. The summed E-state index contributed by atoms with van der Waals surface area (Å²) in [5, 5.41) is 4.57. The quantitative estimate of drug-likeness (QED) is 0.835. The summed E-state index contributed by atoms with van der Waals surface area (Å²) in [5.74, 6) is 0.603. The van der Waals surface area contributed by atoms with Crippen LogP contribution < -0.4 is 5.32 Å². The molecule has 2 fully saturated rings. The second-order valence-electron chi connectivity index (χ2n) is 9.37. The monoisotopic (exact) mass is 396 g/mol. The highest BCUT2D eigenvalue weighted by molar-refractivity contribution is 5.74. The fourth-order valence-electron chi connectivity index (χ4n) is 4.80. The van der Waals surface area contributed by atoms with Gasteiger partial charge in [0.2, 0.25) is 0 Å². The highest BCUT2D eigenvalue weighted by Crippen LogP contribution is 2.40. The van der Waals surface area contributed by atoms with E-state index in [4.69, 9.17) is 4.74 Å². The van der Waals surface area contributed by atoms with Gasteiger partial charge in [0.1, 0.15) is 5.60 Å². The zero-order valence-corrected chi connectivity index (χ0v) is 17.7. The van der Waals surface area contributed by atoms with Gasteiger partial charge >= 0.3 is 6.09 Å². The zero-order chi connectivity index (χ0) is 20.4. The molecule has 1 N–H and O–H groups in total. The molecular formula is C23H32N4O2. The summed E-state index contributed by atoms with van der Waals surface area (Å²) in [4.78, 5) is 24.0. The molecule has 156 valence electrons. The molecule has 2 aromatic heterocycles. The van der Waals surface area contributed by atoms with E-state index in [-0.39, 0.29) is 12.1 Å². The molecule has 0 unspecified atom stereocenters. The summed E-state index contributed by atoms with van der Waals surface area (Å²) in [6, 6.07) is 8.55. The fraction of sp³-hybridized carbons (Fsp3) is 0.609. The Bertz CT molecular complexity index is 863. The van der Waals surface area contributed by atoms with Crippen molar-refractivity contribution < 1.29 is 9.53 Å². The standard InChI is InChI=1S/C23H32N4O2/c1-23(2,3)29-22(28)27-19(13-17-7-4-5-9-20(17)27)15-24-14-18-11-10-16-8-6-12-25-21(16)26-18/h6,8,10-12,17,19-20,24H,4-5,7,9,13-15H2,1-3H3/t17-,19-,20-/m0/s1. The van der Waals surface area contributed by atoms with Crippen molar-refractivity contribution in [3.8, 4) is 0 Å². The molecule has 0 spiro atoms. The third kappa shape index (κ3) is 4.69. The van der Waals surface area contributed by atoms with Crippen molar-refractivity contribution in [2.75, 3.05) is 6.54 Å². The third-order valence-electron chi connectivity index (χ3n) is 6.01. The van der Waals surface area contributed by atoms with E-state index >= 15 is 0 Å². The number of nitrogens with zero attached hydrogens (tertiary/aromatic N) is 3. The van der Waals surface area contributed by atoms with Crippen molar-refractivity contribution in [3.63, 3.8) is 0 Å². The van der Waals surface area contributed by atoms with Crippen LogP contribution in [0.15, 0.2) is 30.5 Å². The number of hydrogen-bond donors (Lipinski definition) is 1. The van der Waals surface area contributed by atoms with Crippen LogP contribution in [-0.2, 0) is 11.3 Å². The number of rotatable bonds is 4. The molecule has 3 heterocycles. The Kier molecular flexibility index (Phi) is 5.72. The van der Waals surface area contributed by atoms with Crippen LogP contribution >= 0.6 is 0 Å². The van der Waals surface area contributed by atoms with Gasteiger partial charge in [-0.05, 0) is 70.2 Å². The van der Waals surface area contributed by atoms with Gasteiger partial charge in [0, 0.05) is 36.8 Å². The van der Waals surface area contributed by atoms with E-state index in [9.17, 15) is 4.79 Å². The first-order valence-corrected chi connectivity index (χ1v) is 10.8. The summed E-state index contributed by atoms with van der Waals surface area (Å²) >= 11 is 0. The maximum atomic E-state index is 13.0. The molecule has 1 saturated carbocycles. The van der Waals surface area contributed by atoms with Crippen LogP contribution in [0.1, 0.15) is 58.6 Å². The van der Waals surface area contributed by atoms with Crippen LogP contribution in [0.4, 0.5) is 4.79 Å². The Morgan fingerprint density at radius 1 is 1.24 bits per heavy atom. The lowest BCUT2D eigenvalue weighted by Gasteiger charge is -2.35. The fourth-order valence-corrected chi connectivity index (χ4v) is 4.80. The molecule has 6 heteroatoms. The lowest BCUT2D eigenvalue weighted by Crippen LogP contribution is -2.48. The maximum Gasteiger partial charge on any atom is 0.410 e. The van der Waals surface area contributed by atoms with E-state index in [2.05, 4.69) is 21.4 Å². The van der Waals surface area contributed by atoms with E-state index in [0.29, 0.717) is 18.5 Å². The first-order chi connectivity index (χ1) is 13.9. The van der Waals surface area contributed by atoms with Gasteiger partial charge in [-0.25, -0.2) is 14.8 Å². The van der Waals surface area contributed by atoms with Crippen molar-refractivity contribution in [2.24, 2.45) is 5.92 Å². The zero-order valence-electron chi connectivity index (χ0n) is 17.7. The second kappa shape index (κ2) is 8.27. The molecule has 29 heavy (non-hydrogen) atoms. The number of fused-ring (bicyclic) bond motifs is 2. The Morgan fingerprint density at radius 2 is 2.07 bits per heavy atom. The number of carbonyl (C=O) groups excluding carboxylic acids is 1. The molecule has 6 nitrogen and oxygen atoms in total. The molecule has 1 aliphatic heterocycles. The lowest BCUT2D eigenvalue weighted by molar-refractivity contribution is 0.0104. The van der Waals surface area contributed by atoms with Crippen LogP contribution in [0.2, 0.25) is 0 Å². The summed E-state index contributed by atoms with van der Waals surface area (Å²) in [6.07, 6.45) is 7.46. The molecule has 2 aromatic rings. The number of carbonyl (C=O) groups is 1. The van der Waals surface area contributed by atoms with E-state index < -0.39 is 5.60 Å².